The minimum atomic E-state index is 0. The van der Waals surface area contributed by atoms with Gasteiger partial charge in [0.05, 0.1) is 0 Å². The van der Waals surface area contributed by atoms with Crippen molar-refractivity contribution in [2.24, 2.45) is 5.92 Å². The second kappa shape index (κ2) is 11.3. The fourth-order valence-corrected chi connectivity index (χ4v) is 3.02. The molecule has 2 nitrogen and oxygen atoms in total. The molecule has 4 heteroatoms. The van der Waals surface area contributed by atoms with Crippen molar-refractivity contribution in [3.8, 4) is 0 Å². The van der Waals surface area contributed by atoms with Crippen LogP contribution in [0.4, 0.5) is 0 Å². The molecular formula is C18H32Cl2N2. The highest BCUT2D eigenvalue weighted by molar-refractivity contribution is 5.85. The Morgan fingerprint density at radius 3 is 2.09 bits per heavy atom. The quantitative estimate of drug-likeness (QED) is 0.816. The molecule has 0 radical (unpaired) electrons. The molecule has 0 aliphatic carbocycles. The van der Waals surface area contributed by atoms with E-state index in [0.717, 1.165) is 25.4 Å². The zero-order valence-corrected chi connectivity index (χ0v) is 15.8. The Hall–Kier alpha value is -0.280. The summed E-state index contributed by atoms with van der Waals surface area (Å²) in [6.07, 6.45) is 3.72. The highest BCUT2D eigenvalue weighted by Crippen LogP contribution is 2.28. The van der Waals surface area contributed by atoms with Crippen LogP contribution in [0.5, 0.6) is 0 Å². The number of hydrogen-bond acceptors (Lipinski definition) is 2. The lowest BCUT2D eigenvalue weighted by atomic mass is 9.95. The van der Waals surface area contributed by atoms with Crippen LogP contribution in [-0.2, 0) is 6.42 Å². The van der Waals surface area contributed by atoms with Crippen LogP contribution in [0.3, 0.4) is 0 Å². The van der Waals surface area contributed by atoms with Crippen LogP contribution in [0.2, 0.25) is 0 Å². The molecule has 1 aliphatic rings. The van der Waals surface area contributed by atoms with Crippen LogP contribution in [0.25, 0.3) is 0 Å². The first-order valence-corrected chi connectivity index (χ1v) is 8.24. The van der Waals surface area contributed by atoms with Gasteiger partial charge in [0.1, 0.15) is 0 Å². The highest BCUT2D eigenvalue weighted by Gasteiger charge is 2.22. The number of rotatable bonds is 6. The van der Waals surface area contributed by atoms with E-state index in [-0.39, 0.29) is 24.8 Å². The lowest BCUT2D eigenvalue weighted by Gasteiger charge is -2.35. The number of piperazine rings is 1. The van der Waals surface area contributed by atoms with E-state index in [2.05, 4.69) is 55.3 Å². The summed E-state index contributed by atoms with van der Waals surface area (Å²) in [4.78, 5) is 2.67. The minimum Gasteiger partial charge on any atom is -0.314 e. The molecule has 1 aromatic rings. The van der Waals surface area contributed by atoms with Gasteiger partial charge in [0, 0.05) is 32.2 Å². The number of nitrogens with zero attached hydrogens (tertiary/aromatic N) is 1. The largest absolute Gasteiger partial charge is 0.314 e. The van der Waals surface area contributed by atoms with Crippen LogP contribution < -0.4 is 5.32 Å². The van der Waals surface area contributed by atoms with E-state index in [4.69, 9.17) is 0 Å². The third kappa shape index (κ3) is 6.45. The van der Waals surface area contributed by atoms with Gasteiger partial charge in [0.15, 0.2) is 0 Å². The third-order valence-electron chi connectivity index (χ3n) is 4.38. The maximum Gasteiger partial charge on any atom is 0.0349 e. The van der Waals surface area contributed by atoms with Gasteiger partial charge >= 0.3 is 0 Å². The first-order valence-electron chi connectivity index (χ1n) is 8.24. The van der Waals surface area contributed by atoms with Gasteiger partial charge in [-0.25, -0.2) is 0 Å². The molecule has 1 atom stereocenters. The van der Waals surface area contributed by atoms with E-state index < -0.39 is 0 Å². The van der Waals surface area contributed by atoms with Crippen molar-refractivity contribution in [3.05, 3.63) is 35.4 Å². The van der Waals surface area contributed by atoms with E-state index in [1.165, 1.54) is 37.1 Å². The van der Waals surface area contributed by atoms with Gasteiger partial charge in [-0.05, 0) is 36.3 Å². The van der Waals surface area contributed by atoms with Crippen LogP contribution >= 0.6 is 24.8 Å². The molecule has 22 heavy (non-hydrogen) atoms. The Kier molecular flexibility index (Phi) is 11.1. The van der Waals surface area contributed by atoms with E-state index in [1.54, 1.807) is 0 Å². The standard InChI is InChI=1S/C18H30N2.2ClH/c1-4-16-6-8-17(9-7-16)18(10-5-15(2)3)20-13-11-19-12-14-20;;/h6-9,15,18-19H,4-5,10-14H2,1-3H3;2*1H/t18-;;/m1../s1. The van der Waals surface area contributed by atoms with Crippen molar-refractivity contribution in [2.45, 2.75) is 46.1 Å². The summed E-state index contributed by atoms with van der Waals surface area (Å²) in [6, 6.07) is 9.92. The van der Waals surface area contributed by atoms with Crippen molar-refractivity contribution in [3.63, 3.8) is 0 Å². The molecule has 0 bridgehead atoms. The summed E-state index contributed by atoms with van der Waals surface area (Å²) < 4.78 is 0. The number of hydrogen-bond donors (Lipinski definition) is 1. The van der Waals surface area contributed by atoms with Crippen molar-refractivity contribution >= 4 is 24.8 Å². The number of benzene rings is 1. The molecule has 1 fully saturated rings. The summed E-state index contributed by atoms with van der Waals surface area (Å²) >= 11 is 0. The average molecular weight is 347 g/mol. The summed E-state index contributed by atoms with van der Waals surface area (Å²) in [5.74, 6) is 0.787. The average Bonchev–Trinajstić information content (AvgIpc) is 2.49. The lowest BCUT2D eigenvalue weighted by molar-refractivity contribution is 0.160. The predicted molar refractivity (Wildman–Crippen MR) is 102 cm³/mol. The maximum absolute atomic E-state index is 3.46. The molecule has 0 aromatic heterocycles. The van der Waals surface area contributed by atoms with E-state index in [1.807, 2.05) is 0 Å². The van der Waals surface area contributed by atoms with Gasteiger partial charge in [-0.3, -0.25) is 4.90 Å². The molecular weight excluding hydrogens is 315 g/mol. The molecule has 0 amide bonds. The molecule has 1 heterocycles. The zero-order valence-electron chi connectivity index (χ0n) is 14.2. The summed E-state index contributed by atoms with van der Waals surface area (Å²) in [5, 5.41) is 3.46. The SMILES string of the molecule is CCc1ccc([C@@H](CCC(C)C)N2CCNCC2)cc1.Cl.Cl. The zero-order chi connectivity index (χ0) is 14.4. The van der Waals surface area contributed by atoms with E-state index >= 15 is 0 Å². The highest BCUT2D eigenvalue weighted by atomic mass is 35.5. The number of nitrogens with one attached hydrogen (secondary N) is 1. The van der Waals surface area contributed by atoms with Gasteiger partial charge in [0.2, 0.25) is 0 Å². The Balaban J connectivity index is 0.00000220. The lowest BCUT2D eigenvalue weighted by Crippen LogP contribution is -2.45. The fourth-order valence-electron chi connectivity index (χ4n) is 3.02. The van der Waals surface area contributed by atoms with Gasteiger partial charge < -0.3 is 5.32 Å². The molecule has 0 unspecified atom stereocenters. The summed E-state index contributed by atoms with van der Waals surface area (Å²) in [7, 11) is 0. The van der Waals surface area contributed by atoms with E-state index in [0.29, 0.717) is 6.04 Å². The van der Waals surface area contributed by atoms with Crippen molar-refractivity contribution in [1.82, 2.24) is 10.2 Å². The fraction of sp³-hybridized carbons (Fsp3) is 0.667. The summed E-state index contributed by atoms with van der Waals surface area (Å²) in [6.45, 7) is 11.5. The molecule has 0 spiro atoms. The molecule has 1 aromatic carbocycles. The Morgan fingerprint density at radius 2 is 1.59 bits per heavy atom. The number of aryl methyl sites for hydroxylation is 1. The molecule has 1 aliphatic heterocycles. The van der Waals surface area contributed by atoms with Gasteiger partial charge in [0.25, 0.3) is 0 Å². The van der Waals surface area contributed by atoms with Crippen LogP contribution in [-0.4, -0.2) is 31.1 Å². The normalized spacial score (nSPS) is 16.7. The first-order chi connectivity index (χ1) is 9.70. The Bertz CT molecular complexity index is 387. The van der Waals surface area contributed by atoms with Crippen molar-refractivity contribution in [1.29, 1.82) is 0 Å². The molecule has 1 N–H and O–H groups in total. The van der Waals surface area contributed by atoms with Crippen molar-refractivity contribution in [2.75, 3.05) is 26.2 Å². The van der Waals surface area contributed by atoms with Crippen LogP contribution in [0.1, 0.15) is 50.8 Å². The number of halogens is 2. The smallest absolute Gasteiger partial charge is 0.0349 e. The van der Waals surface area contributed by atoms with E-state index in [9.17, 15) is 0 Å². The second-order valence-corrected chi connectivity index (χ2v) is 6.37. The molecule has 1 saturated heterocycles. The van der Waals surface area contributed by atoms with Crippen LogP contribution in [0, 0.1) is 5.92 Å². The van der Waals surface area contributed by atoms with Gasteiger partial charge in [-0.15, -0.1) is 24.8 Å². The summed E-state index contributed by atoms with van der Waals surface area (Å²) in [5.41, 5.74) is 2.95. The second-order valence-electron chi connectivity index (χ2n) is 6.37. The molecule has 128 valence electrons. The third-order valence-corrected chi connectivity index (χ3v) is 4.38. The topological polar surface area (TPSA) is 15.3 Å². The first kappa shape index (κ1) is 21.7. The van der Waals surface area contributed by atoms with Crippen LogP contribution in [0.15, 0.2) is 24.3 Å². The Labute approximate surface area is 148 Å². The predicted octanol–water partition coefficient (Wildman–Crippen LogP) is 4.48. The minimum absolute atomic E-state index is 0. The maximum atomic E-state index is 3.46. The monoisotopic (exact) mass is 346 g/mol. The van der Waals surface area contributed by atoms with Gasteiger partial charge in [-0.1, -0.05) is 45.0 Å². The molecule has 2 rings (SSSR count). The Morgan fingerprint density at radius 1 is 1.00 bits per heavy atom. The van der Waals surface area contributed by atoms with Gasteiger partial charge in [-0.2, -0.15) is 0 Å². The molecule has 0 saturated carbocycles. The van der Waals surface area contributed by atoms with Crippen molar-refractivity contribution < 1.29 is 0 Å².